The van der Waals surface area contributed by atoms with Gasteiger partial charge in [0, 0.05) is 17.1 Å². The molecule has 2 aliphatic rings. The molecule has 0 saturated heterocycles. The van der Waals surface area contributed by atoms with E-state index in [0.717, 1.165) is 6.42 Å². The van der Waals surface area contributed by atoms with E-state index in [2.05, 4.69) is 12.6 Å². The van der Waals surface area contributed by atoms with E-state index in [4.69, 9.17) is 0 Å². The third-order valence-electron chi connectivity index (χ3n) is 3.40. The number of Topliss-reactive ketones (excluding diaryl/α,β-unsaturated/α-hetero) is 3. The van der Waals surface area contributed by atoms with Crippen molar-refractivity contribution in [1.82, 2.24) is 0 Å². The van der Waals surface area contributed by atoms with Crippen LogP contribution in [0.1, 0.15) is 19.8 Å². The Labute approximate surface area is 93.1 Å². The van der Waals surface area contributed by atoms with Crippen LogP contribution >= 0.6 is 12.6 Å². The molecule has 0 heterocycles. The SMILES string of the molecule is CC1CCC2C(=O)C(=O)C(=O)C2C1S.O. The Bertz CT molecular complexity index is 325. The smallest absolute Gasteiger partial charge is 0.264 e. The first-order chi connectivity index (χ1) is 6.54. The second-order valence-electron chi connectivity index (χ2n) is 4.24. The summed E-state index contributed by atoms with van der Waals surface area (Å²) in [4.78, 5) is 34.1. The molecule has 0 aromatic rings. The molecule has 4 nitrogen and oxygen atoms in total. The molecular weight excluding hydrogens is 216 g/mol. The Morgan fingerprint density at radius 1 is 1.13 bits per heavy atom. The van der Waals surface area contributed by atoms with Gasteiger partial charge in [-0.25, -0.2) is 0 Å². The fraction of sp³-hybridized carbons (Fsp3) is 0.700. The average molecular weight is 230 g/mol. The van der Waals surface area contributed by atoms with E-state index in [-0.39, 0.29) is 16.6 Å². The third kappa shape index (κ3) is 1.63. The molecule has 0 aliphatic heterocycles. The van der Waals surface area contributed by atoms with Crippen LogP contribution in [0.5, 0.6) is 0 Å². The number of ketones is 3. The standard InChI is InChI=1S/C10H12O3S.H2O/c1-4-2-3-5-6(10(4)14)8(12)9(13)7(5)11;/h4-6,10,14H,2-3H2,1H3;1H2. The normalized spacial score (nSPS) is 40.0. The number of carbonyl (C=O) groups excluding carboxylic acids is 3. The summed E-state index contributed by atoms with van der Waals surface area (Å²) in [6.45, 7) is 2.01. The van der Waals surface area contributed by atoms with Crippen molar-refractivity contribution in [2.24, 2.45) is 17.8 Å². The van der Waals surface area contributed by atoms with Crippen LogP contribution in [0.2, 0.25) is 0 Å². The van der Waals surface area contributed by atoms with Gasteiger partial charge in [0.25, 0.3) is 5.78 Å². The maximum atomic E-state index is 11.5. The van der Waals surface area contributed by atoms with Gasteiger partial charge >= 0.3 is 0 Å². The van der Waals surface area contributed by atoms with Crippen molar-refractivity contribution in [2.45, 2.75) is 25.0 Å². The van der Waals surface area contributed by atoms with Gasteiger partial charge in [-0.2, -0.15) is 12.6 Å². The highest BCUT2D eigenvalue weighted by Crippen LogP contribution is 2.41. The second kappa shape index (κ2) is 4.06. The van der Waals surface area contributed by atoms with Gasteiger partial charge in [-0.05, 0) is 18.8 Å². The highest BCUT2D eigenvalue weighted by molar-refractivity contribution is 7.81. The predicted octanol–water partition coefficient (Wildman–Crippen LogP) is -0.157. The molecule has 4 unspecified atom stereocenters. The molecule has 2 saturated carbocycles. The number of hydrogen-bond acceptors (Lipinski definition) is 4. The fourth-order valence-corrected chi connectivity index (χ4v) is 2.95. The molecular formula is C10H14O4S. The minimum atomic E-state index is -0.798. The van der Waals surface area contributed by atoms with Crippen molar-refractivity contribution in [2.75, 3.05) is 0 Å². The molecule has 0 spiro atoms. The van der Waals surface area contributed by atoms with Crippen molar-refractivity contribution >= 4 is 30.0 Å². The van der Waals surface area contributed by atoms with Gasteiger partial charge in [0.15, 0.2) is 0 Å². The Morgan fingerprint density at radius 3 is 2.33 bits per heavy atom. The lowest BCUT2D eigenvalue weighted by Gasteiger charge is -2.32. The summed E-state index contributed by atoms with van der Waals surface area (Å²) in [5, 5.41) is -0.128. The van der Waals surface area contributed by atoms with E-state index in [0.29, 0.717) is 12.3 Å². The van der Waals surface area contributed by atoms with E-state index in [1.807, 2.05) is 6.92 Å². The number of rotatable bonds is 0. The zero-order chi connectivity index (χ0) is 10.5. The zero-order valence-corrected chi connectivity index (χ0v) is 9.29. The maximum Gasteiger partial charge on any atom is 0.264 e. The lowest BCUT2D eigenvalue weighted by Crippen LogP contribution is -2.36. The van der Waals surface area contributed by atoms with Gasteiger partial charge < -0.3 is 5.48 Å². The zero-order valence-electron chi connectivity index (χ0n) is 8.40. The van der Waals surface area contributed by atoms with Crippen LogP contribution in [0.3, 0.4) is 0 Å². The number of thiol groups is 1. The summed E-state index contributed by atoms with van der Waals surface area (Å²) in [5.41, 5.74) is 0. The van der Waals surface area contributed by atoms with Gasteiger partial charge in [0.05, 0.1) is 0 Å². The van der Waals surface area contributed by atoms with Gasteiger partial charge in [-0.1, -0.05) is 6.92 Å². The van der Waals surface area contributed by atoms with E-state index in [1.165, 1.54) is 0 Å². The third-order valence-corrected chi connectivity index (χ3v) is 4.23. The monoisotopic (exact) mass is 230 g/mol. The topological polar surface area (TPSA) is 82.7 Å². The lowest BCUT2D eigenvalue weighted by atomic mass is 9.75. The molecule has 0 bridgehead atoms. The summed E-state index contributed by atoms with van der Waals surface area (Å²) < 4.78 is 0. The van der Waals surface area contributed by atoms with E-state index < -0.39 is 23.3 Å². The van der Waals surface area contributed by atoms with Crippen LogP contribution in [-0.4, -0.2) is 28.1 Å². The average Bonchev–Trinajstić information content (AvgIpc) is 2.38. The van der Waals surface area contributed by atoms with Crippen molar-refractivity contribution in [3.8, 4) is 0 Å². The van der Waals surface area contributed by atoms with Crippen LogP contribution in [0, 0.1) is 17.8 Å². The summed E-state index contributed by atoms with van der Waals surface area (Å²) >= 11 is 4.35. The lowest BCUT2D eigenvalue weighted by molar-refractivity contribution is -0.141. The van der Waals surface area contributed by atoms with E-state index in [1.54, 1.807) is 0 Å². The summed E-state index contributed by atoms with van der Waals surface area (Å²) in [6, 6.07) is 0. The van der Waals surface area contributed by atoms with E-state index in [9.17, 15) is 14.4 Å². The number of fused-ring (bicyclic) bond motifs is 1. The highest BCUT2D eigenvalue weighted by Gasteiger charge is 2.53. The molecule has 5 heteroatoms. The molecule has 2 rings (SSSR count). The van der Waals surface area contributed by atoms with Crippen molar-refractivity contribution < 1.29 is 19.9 Å². The fourth-order valence-electron chi connectivity index (χ4n) is 2.46. The van der Waals surface area contributed by atoms with Gasteiger partial charge in [-0.3, -0.25) is 14.4 Å². The minimum absolute atomic E-state index is 0. The largest absolute Gasteiger partial charge is 0.412 e. The number of carbonyl (C=O) groups is 3. The van der Waals surface area contributed by atoms with Crippen LogP contribution in [0.15, 0.2) is 0 Å². The van der Waals surface area contributed by atoms with Gasteiger partial charge in [0.1, 0.15) is 0 Å². The minimum Gasteiger partial charge on any atom is -0.412 e. The first kappa shape index (κ1) is 12.4. The Kier molecular flexibility index (Phi) is 3.35. The van der Waals surface area contributed by atoms with Crippen LogP contribution in [0.25, 0.3) is 0 Å². The van der Waals surface area contributed by atoms with Crippen LogP contribution in [-0.2, 0) is 14.4 Å². The predicted molar refractivity (Wildman–Crippen MR) is 56.8 cm³/mol. The van der Waals surface area contributed by atoms with Crippen molar-refractivity contribution in [1.29, 1.82) is 0 Å². The molecule has 0 amide bonds. The Balaban J connectivity index is 0.00000112. The molecule has 2 N–H and O–H groups in total. The summed E-state index contributed by atoms with van der Waals surface area (Å²) in [6.07, 6.45) is 1.54. The van der Waals surface area contributed by atoms with Gasteiger partial charge in [0.2, 0.25) is 11.6 Å². The van der Waals surface area contributed by atoms with Crippen LogP contribution < -0.4 is 0 Å². The molecule has 0 aromatic heterocycles. The molecule has 0 radical (unpaired) electrons. The first-order valence-corrected chi connectivity index (χ1v) is 5.36. The Hall–Kier alpha value is -0.680. The van der Waals surface area contributed by atoms with Crippen molar-refractivity contribution in [3.63, 3.8) is 0 Å². The summed E-state index contributed by atoms with van der Waals surface area (Å²) in [7, 11) is 0. The highest BCUT2D eigenvalue weighted by atomic mass is 32.1. The molecule has 84 valence electrons. The quantitative estimate of drug-likeness (QED) is 0.464. The first-order valence-electron chi connectivity index (χ1n) is 4.84. The van der Waals surface area contributed by atoms with Crippen LogP contribution in [0.4, 0.5) is 0 Å². The second-order valence-corrected chi connectivity index (χ2v) is 4.83. The Morgan fingerprint density at radius 2 is 1.73 bits per heavy atom. The molecule has 0 aromatic carbocycles. The molecule has 15 heavy (non-hydrogen) atoms. The molecule has 2 aliphatic carbocycles. The molecule has 4 atom stereocenters. The maximum absolute atomic E-state index is 11.5. The van der Waals surface area contributed by atoms with Gasteiger partial charge in [-0.15, -0.1) is 0 Å². The number of hydrogen-bond donors (Lipinski definition) is 1. The van der Waals surface area contributed by atoms with Crippen molar-refractivity contribution in [3.05, 3.63) is 0 Å². The molecule has 2 fully saturated rings. The summed E-state index contributed by atoms with van der Waals surface area (Å²) in [5.74, 6) is -2.29. The van der Waals surface area contributed by atoms with E-state index >= 15 is 0 Å².